The summed E-state index contributed by atoms with van der Waals surface area (Å²) >= 11 is 3.00. The zero-order valence-corrected chi connectivity index (χ0v) is 24.5. The molecule has 1 N–H and O–H groups in total. The Balaban J connectivity index is 1.21. The maximum Gasteiger partial charge on any atom is 0.360 e. The first kappa shape index (κ1) is 26.9. The fraction of sp³-hybridized carbons (Fsp3) is 0.276. The molecule has 210 valence electrons. The number of hydrogen-bond donors (Lipinski definition) is 1. The summed E-state index contributed by atoms with van der Waals surface area (Å²) in [6, 6.07) is 19.7. The molecule has 12 heteroatoms. The maximum absolute atomic E-state index is 12.9. The number of aryl methyl sites for hydroxylation is 1. The van der Waals surface area contributed by atoms with Crippen molar-refractivity contribution in [2.24, 2.45) is 0 Å². The van der Waals surface area contributed by atoms with Gasteiger partial charge in [0.05, 0.1) is 23.4 Å². The number of carbonyl (C=O) groups is 1. The Kier molecular flexibility index (Phi) is 7.66. The van der Waals surface area contributed by atoms with Crippen molar-refractivity contribution < 1.29 is 14.3 Å². The molecule has 0 amide bonds. The number of nitrogens with zero attached hydrogens (tertiary/aromatic N) is 6. The second kappa shape index (κ2) is 11.7. The summed E-state index contributed by atoms with van der Waals surface area (Å²) in [6.07, 6.45) is 0.855. The number of anilines is 5. The molecule has 0 bridgehead atoms. The van der Waals surface area contributed by atoms with E-state index in [1.807, 2.05) is 79.5 Å². The van der Waals surface area contributed by atoms with Gasteiger partial charge in [-0.1, -0.05) is 53.0 Å². The lowest BCUT2D eigenvalue weighted by atomic mass is 10.3. The first-order valence-electron chi connectivity index (χ1n) is 13.3. The summed E-state index contributed by atoms with van der Waals surface area (Å²) in [5.41, 5.74) is 2.15. The highest BCUT2D eigenvalue weighted by atomic mass is 32.1. The molecule has 10 nitrogen and oxygen atoms in total. The summed E-state index contributed by atoms with van der Waals surface area (Å²) in [7, 11) is 1.87. The standard InChI is InChI=1S/C29H29N7O3S2/c1-4-38-27(37)24-26(36-15-14-20(17-36)39-19-10-6-5-7-11-19)41-29(31-24)35(3)23-16-18(2)25(34-33-23)32-28-30-21-12-8-9-13-22(21)40-28/h5-13,16,20H,4,14-15,17H2,1-3H3,(H,30,32,34)/t20-/m0/s1. The molecule has 41 heavy (non-hydrogen) atoms. The van der Waals surface area contributed by atoms with Crippen LogP contribution in [-0.2, 0) is 4.74 Å². The fourth-order valence-electron chi connectivity index (χ4n) is 4.58. The van der Waals surface area contributed by atoms with Crippen LogP contribution >= 0.6 is 22.7 Å². The van der Waals surface area contributed by atoms with Crippen LogP contribution in [-0.4, -0.2) is 59.0 Å². The molecular weight excluding hydrogens is 558 g/mol. The molecule has 1 saturated heterocycles. The second-order valence-corrected chi connectivity index (χ2v) is 11.5. The highest BCUT2D eigenvalue weighted by molar-refractivity contribution is 7.22. The molecule has 3 aromatic heterocycles. The molecule has 2 aromatic carbocycles. The monoisotopic (exact) mass is 587 g/mol. The lowest BCUT2D eigenvalue weighted by molar-refractivity contribution is 0.0521. The largest absolute Gasteiger partial charge is 0.489 e. The maximum atomic E-state index is 12.9. The number of benzene rings is 2. The number of ether oxygens (including phenoxy) is 2. The summed E-state index contributed by atoms with van der Waals surface area (Å²) in [6.45, 7) is 5.43. The molecule has 1 atom stereocenters. The Labute approximate surface area is 245 Å². The molecule has 0 spiro atoms. The predicted octanol–water partition coefficient (Wildman–Crippen LogP) is 6.20. The van der Waals surface area contributed by atoms with Gasteiger partial charge in [0.2, 0.25) is 0 Å². The van der Waals surface area contributed by atoms with E-state index < -0.39 is 5.97 Å². The minimum Gasteiger partial charge on any atom is -0.489 e. The van der Waals surface area contributed by atoms with Gasteiger partial charge in [-0.05, 0) is 49.7 Å². The number of nitrogens with one attached hydrogen (secondary N) is 1. The van der Waals surface area contributed by atoms with Crippen molar-refractivity contribution in [3.05, 3.63) is 71.9 Å². The number of aromatic nitrogens is 4. The van der Waals surface area contributed by atoms with Gasteiger partial charge in [-0.3, -0.25) is 0 Å². The van der Waals surface area contributed by atoms with Crippen molar-refractivity contribution in [1.29, 1.82) is 0 Å². The van der Waals surface area contributed by atoms with Gasteiger partial charge in [-0.25, -0.2) is 14.8 Å². The number of para-hydroxylation sites is 2. The predicted molar refractivity (Wildman–Crippen MR) is 163 cm³/mol. The second-order valence-electron chi connectivity index (χ2n) is 9.56. The first-order valence-corrected chi connectivity index (χ1v) is 15.0. The van der Waals surface area contributed by atoms with Gasteiger partial charge < -0.3 is 24.6 Å². The zero-order chi connectivity index (χ0) is 28.3. The van der Waals surface area contributed by atoms with Crippen molar-refractivity contribution in [2.45, 2.75) is 26.4 Å². The van der Waals surface area contributed by atoms with Crippen LogP contribution in [0.3, 0.4) is 0 Å². The van der Waals surface area contributed by atoms with Crippen LogP contribution in [0.25, 0.3) is 10.2 Å². The van der Waals surface area contributed by atoms with Gasteiger partial charge in [0, 0.05) is 20.0 Å². The van der Waals surface area contributed by atoms with Gasteiger partial charge in [0.25, 0.3) is 0 Å². The van der Waals surface area contributed by atoms with Crippen molar-refractivity contribution in [3.63, 3.8) is 0 Å². The zero-order valence-electron chi connectivity index (χ0n) is 22.9. The Morgan fingerprint density at radius 1 is 1.10 bits per heavy atom. The first-order chi connectivity index (χ1) is 20.0. The van der Waals surface area contributed by atoms with E-state index in [0.717, 1.165) is 44.6 Å². The quantitative estimate of drug-likeness (QED) is 0.201. The van der Waals surface area contributed by atoms with Gasteiger partial charge in [0.15, 0.2) is 27.6 Å². The fourth-order valence-corrected chi connectivity index (χ4v) is 6.50. The van der Waals surface area contributed by atoms with Crippen LogP contribution in [0.5, 0.6) is 5.75 Å². The van der Waals surface area contributed by atoms with Crippen LogP contribution in [0.1, 0.15) is 29.4 Å². The third kappa shape index (κ3) is 5.79. The molecule has 0 radical (unpaired) electrons. The molecule has 1 aliphatic rings. The van der Waals surface area contributed by atoms with Gasteiger partial charge >= 0.3 is 5.97 Å². The molecule has 5 aromatic rings. The molecule has 4 heterocycles. The van der Waals surface area contributed by atoms with Gasteiger partial charge in [-0.2, -0.15) is 0 Å². The Hall–Kier alpha value is -4.29. The minimum atomic E-state index is -0.441. The lowest BCUT2D eigenvalue weighted by Crippen LogP contribution is -2.25. The summed E-state index contributed by atoms with van der Waals surface area (Å²) in [5, 5.41) is 14.3. The van der Waals surface area contributed by atoms with Gasteiger partial charge in [0.1, 0.15) is 16.9 Å². The molecular formula is C29H29N7O3S2. The average molecular weight is 588 g/mol. The van der Waals surface area contributed by atoms with Crippen LogP contribution in [0, 0.1) is 6.92 Å². The van der Waals surface area contributed by atoms with E-state index in [1.54, 1.807) is 18.3 Å². The van der Waals surface area contributed by atoms with Crippen molar-refractivity contribution in [1.82, 2.24) is 20.2 Å². The smallest absolute Gasteiger partial charge is 0.360 e. The van der Waals surface area contributed by atoms with Gasteiger partial charge in [-0.15, -0.1) is 10.2 Å². The van der Waals surface area contributed by atoms with E-state index >= 15 is 0 Å². The molecule has 6 rings (SSSR count). The third-order valence-electron chi connectivity index (χ3n) is 6.67. The van der Waals surface area contributed by atoms with E-state index in [4.69, 9.17) is 14.5 Å². The summed E-state index contributed by atoms with van der Waals surface area (Å²) < 4.78 is 12.6. The normalized spacial score (nSPS) is 14.8. The number of fused-ring (bicyclic) bond motifs is 1. The molecule has 1 aliphatic heterocycles. The summed E-state index contributed by atoms with van der Waals surface area (Å²) in [4.78, 5) is 26.2. The molecule has 1 fully saturated rings. The van der Waals surface area contributed by atoms with Crippen LogP contribution in [0.2, 0.25) is 0 Å². The summed E-state index contributed by atoms with van der Waals surface area (Å²) in [5.74, 6) is 1.64. The Bertz CT molecular complexity index is 1640. The van der Waals surface area contributed by atoms with E-state index in [9.17, 15) is 4.79 Å². The number of thiazole rings is 2. The van der Waals surface area contributed by atoms with E-state index in [0.29, 0.717) is 29.0 Å². The molecule has 0 unspecified atom stereocenters. The number of rotatable bonds is 9. The lowest BCUT2D eigenvalue weighted by Gasteiger charge is -2.18. The highest BCUT2D eigenvalue weighted by Crippen LogP contribution is 2.39. The van der Waals surface area contributed by atoms with Crippen LogP contribution in [0.15, 0.2) is 60.7 Å². The Morgan fingerprint density at radius 2 is 1.90 bits per heavy atom. The number of carbonyl (C=O) groups excluding carboxylic acids is 1. The van der Waals surface area contributed by atoms with Crippen molar-refractivity contribution in [3.8, 4) is 5.75 Å². The highest BCUT2D eigenvalue weighted by Gasteiger charge is 2.31. The van der Waals surface area contributed by atoms with Crippen LogP contribution in [0.4, 0.5) is 26.9 Å². The minimum absolute atomic E-state index is 0.0136. The number of hydrogen-bond acceptors (Lipinski definition) is 12. The average Bonchev–Trinajstić information content (AvgIpc) is 3.72. The topological polar surface area (TPSA) is 106 Å². The SMILES string of the molecule is CCOC(=O)c1nc(N(C)c2cc(C)c(Nc3nc4ccccc4s3)nn2)sc1N1CC[C@H](Oc2ccccc2)C1. The van der Waals surface area contributed by atoms with Crippen molar-refractivity contribution in [2.75, 3.05) is 41.9 Å². The molecule has 0 saturated carbocycles. The van der Waals surface area contributed by atoms with E-state index in [1.165, 1.54) is 11.3 Å². The van der Waals surface area contributed by atoms with Crippen LogP contribution < -0.4 is 19.9 Å². The van der Waals surface area contributed by atoms with Crippen molar-refractivity contribution >= 4 is 65.8 Å². The third-order valence-corrected chi connectivity index (χ3v) is 8.81. The molecule has 0 aliphatic carbocycles. The van der Waals surface area contributed by atoms with E-state index in [-0.39, 0.29) is 12.7 Å². The number of esters is 1. The van der Waals surface area contributed by atoms with E-state index in [2.05, 4.69) is 25.4 Å². The Morgan fingerprint density at radius 3 is 2.68 bits per heavy atom.